The van der Waals surface area contributed by atoms with Gasteiger partial charge in [-0.1, -0.05) is 0 Å². The number of amides is 1. The molecule has 1 amide bonds. The van der Waals surface area contributed by atoms with E-state index in [1.807, 2.05) is 4.90 Å². The molecule has 0 spiro atoms. The van der Waals surface area contributed by atoms with Crippen molar-refractivity contribution >= 4 is 5.91 Å². The van der Waals surface area contributed by atoms with E-state index < -0.39 is 0 Å². The minimum absolute atomic E-state index is 0.128. The van der Waals surface area contributed by atoms with Gasteiger partial charge in [-0.3, -0.25) is 4.79 Å². The van der Waals surface area contributed by atoms with E-state index in [9.17, 15) is 4.79 Å². The predicted molar refractivity (Wildman–Crippen MR) is 61.7 cm³/mol. The maximum Gasteiger partial charge on any atom is 0.254 e. The normalized spacial score (nSPS) is 37.9. The summed E-state index contributed by atoms with van der Waals surface area (Å²) in [6, 6.07) is 0.377. The van der Waals surface area contributed by atoms with Crippen LogP contribution in [0.15, 0.2) is 0 Å². The second kappa shape index (κ2) is 4.92. The third-order valence-corrected chi connectivity index (χ3v) is 4.05. The summed E-state index contributed by atoms with van der Waals surface area (Å²) < 4.78 is 10.8. The Labute approximate surface area is 101 Å². The van der Waals surface area contributed by atoms with Crippen molar-refractivity contribution in [2.24, 2.45) is 5.92 Å². The number of hydrogen-bond acceptors (Lipinski definition) is 4. The van der Waals surface area contributed by atoms with E-state index >= 15 is 0 Å². The van der Waals surface area contributed by atoms with Gasteiger partial charge in [0.25, 0.3) is 5.91 Å². The van der Waals surface area contributed by atoms with Crippen molar-refractivity contribution < 1.29 is 14.3 Å². The highest BCUT2D eigenvalue weighted by molar-refractivity contribution is 5.81. The molecule has 3 aliphatic rings. The predicted octanol–water partition coefficient (Wildman–Crippen LogP) is -0.388. The summed E-state index contributed by atoms with van der Waals surface area (Å²) in [5.41, 5.74) is 0. The van der Waals surface area contributed by atoms with Crippen LogP contribution in [0.3, 0.4) is 0 Å². The lowest BCUT2D eigenvalue weighted by molar-refractivity contribution is -0.161. The molecule has 3 heterocycles. The lowest BCUT2D eigenvalue weighted by atomic mass is 9.91. The van der Waals surface area contributed by atoms with Gasteiger partial charge < -0.3 is 19.7 Å². The average Bonchev–Trinajstić information content (AvgIpc) is 2.87. The third-order valence-electron chi connectivity index (χ3n) is 4.05. The molecular weight excluding hydrogens is 220 g/mol. The molecule has 3 fully saturated rings. The summed E-state index contributed by atoms with van der Waals surface area (Å²) in [5, 5.41) is 3.39. The molecule has 3 unspecified atom stereocenters. The van der Waals surface area contributed by atoms with Gasteiger partial charge in [0.15, 0.2) is 6.10 Å². The molecule has 0 aliphatic carbocycles. The number of likely N-dealkylation sites (tertiary alicyclic amines) is 1. The summed E-state index contributed by atoms with van der Waals surface area (Å²) in [5.74, 6) is 0.764. The van der Waals surface area contributed by atoms with E-state index in [2.05, 4.69) is 5.32 Å². The molecule has 3 aliphatic heterocycles. The highest BCUT2D eigenvalue weighted by Crippen LogP contribution is 2.27. The van der Waals surface area contributed by atoms with Gasteiger partial charge in [-0.2, -0.15) is 0 Å². The fourth-order valence-corrected chi connectivity index (χ4v) is 3.16. The lowest BCUT2D eigenvalue weighted by Gasteiger charge is -2.39. The maximum atomic E-state index is 12.4. The molecule has 3 rings (SSSR count). The number of carbonyl (C=O) groups is 1. The first-order chi connectivity index (χ1) is 8.36. The van der Waals surface area contributed by atoms with Gasteiger partial charge in [0.2, 0.25) is 0 Å². The van der Waals surface area contributed by atoms with Crippen LogP contribution in [0.5, 0.6) is 0 Å². The summed E-state index contributed by atoms with van der Waals surface area (Å²) in [6.45, 7) is 4.43. The van der Waals surface area contributed by atoms with Crippen molar-refractivity contribution in [3.05, 3.63) is 0 Å². The molecule has 3 atom stereocenters. The van der Waals surface area contributed by atoms with Crippen molar-refractivity contribution in [3.63, 3.8) is 0 Å². The summed E-state index contributed by atoms with van der Waals surface area (Å²) in [6.07, 6.45) is 1.98. The standard InChI is InChI=1S/C12H20N2O3/c15-12(11-8-16-4-5-17-11)14-3-1-2-9-6-13-7-10(9)14/h9-11,13H,1-8H2. The summed E-state index contributed by atoms with van der Waals surface area (Å²) >= 11 is 0. The molecule has 0 aromatic carbocycles. The van der Waals surface area contributed by atoms with Crippen LogP contribution in [0.1, 0.15) is 12.8 Å². The Morgan fingerprint density at radius 3 is 3.06 bits per heavy atom. The number of carbonyl (C=O) groups excluding carboxylic acids is 1. The third kappa shape index (κ3) is 2.19. The van der Waals surface area contributed by atoms with Crippen molar-refractivity contribution in [3.8, 4) is 0 Å². The van der Waals surface area contributed by atoms with Crippen molar-refractivity contribution in [1.29, 1.82) is 0 Å². The van der Waals surface area contributed by atoms with Crippen molar-refractivity contribution in [1.82, 2.24) is 10.2 Å². The highest BCUT2D eigenvalue weighted by atomic mass is 16.6. The number of fused-ring (bicyclic) bond motifs is 1. The molecule has 3 saturated heterocycles. The zero-order valence-electron chi connectivity index (χ0n) is 10.1. The van der Waals surface area contributed by atoms with Crippen LogP contribution < -0.4 is 5.32 Å². The monoisotopic (exact) mass is 240 g/mol. The van der Waals surface area contributed by atoms with E-state index in [1.165, 1.54) is 6.42 Å². The van der Waals surface area contributed by atoms with Gasteiger partial charge in [0.1, 0.15) is 0 Å². The molecule has 1 N–H and O–H groups in total. The fourth-order valence-electron chi connectivity index (χ4n) is 3.16. The Morgan fingerprint density at radius 2 is 2.24 bits per heavy atom. The minimum Gasteiger partial charge on any atom is -0.376 e. The molecule has 5 heteroatoms. The molecule has 0 saturated carbocycles. The second-order valence-electron chi connectivity index (χ2n) is 5.09. The molecule has 17 heavy (non-hydrogen) atoms. The van der Waals surface area contributed by atoms with Crippen LogP contribution in [0.4, 0.5) is 0 Å². The van der Waals surface area contributed by atoms with Gasteiger partial charge in [-0.25, -0.2) is 0 Å². The molecule has 0 radical (unpaired) electrons. The number of ether oxygens (including phenoxy) is 2. The Bertz CT molecular complexity index is 291. The van der Waals surface area contributed by atoms with Crippen molar-refractivity contribution in [2.75, 3.05) is 39.5 Å². The largest absolute Gasteiger partial charge is 0.376 e. The minimum atomic E-state index is -0.372. The fraction of sp³-hybridized carbons (Fsp3) is 0.917. The van der Waals surface area contributed by atoms with Crippen LogP contribution in [0, 0.1) is 5.92 Å². The van der Waals surface area contributed by atoms with Gasteiger partial charge in [-0.15, -0.1) is 0 Å². The zero-order chi connectivity index (χ0) is 11.7. The SMILES string of the molecule is O=C(C1COCCO1)N1CCCC2CNCC21. The number of hydrogen-bond donors (Lipinski definition) is 1. The van der Waals surface area contributed by atoms with Crippen LogP contribution in [-0.4, -0.2) is 62.4 Å². The molecule has 0 aromatic rings. The number of nitrogens with zero attached hydrogens (tertiary/aromatic N) is 1. The maximum absolute atomic E-state index is 12.4. The smallest absolute Gasteiger partial charge is 0.254 e. The number of nitrogens with one attached hydrogen (secondary N) is 1. The molecular formula is C12H20N2O3. The van der Waals surface area contributed by atoms with Crippen molar-refractivity contribution in [2.45, 2.75) is 25.0 Å². The Balaban J connectivity index is 1.67. The van der Waals surface area contributed by atoms with E-state index in [1.54, 1.807) is 0 Å². The van der Waals surface area contributed by atoms with Crippen LogP contribution in [0.25, 0.3) is 0 Å². The van der Waals surface area contributed by atoms with Crippen LogP contribution in [0.2, 0.25) is 0 Å². The Hall–Kier alpha value is -0.650. The zero-order valence-corrected chi connectivity index (χ0v) is 10.1. The molecule has 0 aromatic heterocycles. The summed E-state index contributed by atoms with van der Waals surface area (Å²) in [7, 11) is 0. The first-order valence-corrected chi connectivity index (χ1v) is 6.57. The number of rotatable bonds is 1. The Morgan fingerprint density at radius 1 is 1.29 bits per heavy atom. The van der Waals surface area contributed by atoms with Gasteiger partial charge in [0.05, 0.1) is 19.8 Å². The molecule has 5 nitrogen and oxygen atoms in total. The first-order valence-electron chi connectivity index (χ1n) is 6.57. The van der Waals surface area contributed by atoms with E-state index in [0.717, 1.165) is 26.1 Å². The van der Waals surface area contributed by atoms with Gasteiger partial charge >= 0.3 is 0 Å². The van der Waals surface area contributed by atoms with Gasteiger partial charge in [0, 0.05) is 25.7 Å². The van der Waals surface area contributed by atoms with Crippen LogP contribution >= 0.6 is 0 Å². The van der Waals surface area contributed by atoms with E-state index in [4.69, 9.17) is 9.47 Å². The second-order valence-corrected chi connectivity index (χ2v) is 5.09. The lowest BCUT2D eigenvalue weighted by Crippen LogP contribution is -2.54. The Kier molecular flexibility index (Phi) is 3.31. The first kappa shape index (κ1) is 11.4. The quantitative estimate of drug-likeness (QED) is 0.678. The van der Waals surface area contributed by atoms with E-state index in [-0.39, 0.29) is 12.0 Å². The topological polar surface area (TPSA) is 50.8 Å². The summed E-state index contributed by atoms with van der Waals surface area (Å²) in [4.78, 5) is 14.4. The number of piperidine rings is 1. The van der Waals surface area contributed by atoms with Gasteiger partial charge in [-0.05, 0) is 18.8 Å². The highest BCUT2D eigenvalue weighted by Gasteiger charge is 2.40. The molecule has 96 valence electrons. The van der Waals surface area contributed by atoms with Crippen LogP contribution in [-0.2, 0) is 14.3 Å². The molecule has 0 bridgehead atoms. The van der Waals surface area contributed by atoms with E-state index in [0.29, 0.717) is 31.8 Å². The average molecular weight is 240 g/mol.